The van der Waals surface area contributed by atoms with Crippen LogP contribution in [0.15, 0.2) is 0 Å². The van der Waals surface area contributed by atoms with Gasteiger partial charge in [-0.25, -0.2) is 0 Å². The third kappa shape index (κ3) is 3.03. The molecule has 4 N–H and O–H groups in total. The van der Waals surface area contributed by atoms with E-state index >= 15 is 0 Å². The Labute approximate surface area is 104 Å². The lowest BCUT2D eigenvalue weighted by Gasteiger charge is -2.10. The first-order valence-electron chi connectivity index (χ1n) is 4.87. The van der Waals surface area contributed by atoms with Crippen molar-refractivity contribution in [2.45, 2.75) is 13.0 Å². The zero-order valence-corrected chi connectivity index (χ0v) is 11.0. The normalized spacial score (nSPS) is 10.9. The average molecular weight is 260 g/mol. The number of carbonyl (C=O) groups excluding carboxylic acids is 1. The predicted molar refractivity (Wildman–Crippen MR) is 69.2 cm³/mol. The molecule has 0 aliphatic rings. The molecule has 0 saturated heterocycles. The molecule has 0 saturated carbocycles. The van der Waals surface area contributed by atoms with Gasteiger partial charge in [0.15, 0.2) is 3.95 Å². The van der Waals surface area contributed by atoms with Crippen molar-refractivity contribution in [3.05, 3.63) is 8.83 Å². The van der Waals surface area contributed by atoms with E-state index in [0.29, 0.717) is 21.2 Å². The smallest absolute Gasteiger partial charge is 0.262 e. The Kier molecular flexibility index (Phi) is 4.45. The number of hydrogen-bond donors (Lipinski definition) is 2. The molecule has 0 aliphatic carbocycles. The zero-order chi connectivity index (χ0) is 12.3. The molecule has 0 radical (unpaired) electrons. The number of primary amides is 1. The molecule has 0 unspecified atom stereocenters. The Morgan fingerprint density at radius 3 is 2.62 bits per heavy atom. The second kappa shape index (κ2) is 5.42. The second-order valence-electron chi connectivity index (χ2n) is 3.76. The molecule has 0 bridgehead atoms. The first-order chi connectivity index (χ1) is 7.43. The van der Waals surface area contributed by atoms with Gasteiger partial charge in [0, 0.05) is 6.54 Å². The van der Waals surface area contributed by atoms with E-state index in [1.54, 1.807) is 4.57 Å². The maximum Gasteiger partial charge on any atom is 0.262 e. The summed E-state index contributed by atoms with van der Waals surface area (Å²) in [7, 11) is 4.01. The SMILES string of the molecule is CN(C)CCCn1c(N)c(C(N)=O)sc1=S. The lowest BCUT2D eigenvalue weighted by atomic mass is 10.4. The van der Waals surface area contributed by atoms with Gasteiger partial charge in [0.25, 0.3) is 5.91 Å². The van der Waals surface area contributed by atoms with E-state index < -0.39 is 5.91 Å². The van der Waals surface area contributed by atoms with Gasteiger partial charge in [-0.05, 0) is 39.3 Å². The standard InChI is InChI=1S/C9H16N4OS2/c1-12(2)4-3-5-13-7(10)6(8(11)14)16-9(13)15/h3-5,10H2,1-2H3,(H2,11,14). The van der Waals surface area contributed by atoms with Gasteiger partial charge in [-0.2, -0.15) is 0 Å². The molecule has 0 fully saturated rings. The molecule has 1 aromatic rings. The predicted octanol–water partition coefficient (Wildman–Crippen LogP) is 0.912. The Bertz CT molecular complexity index is 435. The highest BCUT2D eigenvalue weighted by Gasteiger charge is 2.13. The Morgan fingerprint density at radius 1 is 1.56 bits per heavy atom. The molecule has 7 heteroatoms. The van der Waals surface area contributed by atoms with Crippen molar-refractivity contribution >= 4 is 35.3 Å². The summed E-state index contributed by atoms with van der Waals surface area (Å²) in [4.78, 5) is 13.5. The molecular formula is C9H16N4OS2. The van der Waals surface area contributed by atoms with Crippen LogP contribution >= 0.6 is 23.6 Å². The number of rotatable bonds is 5. The van der Waals surface area contributed by atoms with Crippen LogP contribution in [-0.2, 0) is 6.54 Å². The van der Waals surface area contributed by atoms with Crippen molar-refractivity contribution in [2.75, 3.05) is 26.4 Å². The molecule has 16 heavy (non-hydrogen) atoms. The largest absolute Gasteiger partial charge is 0.384 e. The fraction of sp³-hybridized carbons (Fsp3) is 0.556. The van der Waals surface area contributed by atoms with Crippen molar-refractivity contribution in [2.24, 2.45) is 5.73 Å². The van der Waals surface area contributed by atoms with Crippen molar-refractivity contribution in [1.82, 2.24) is 9.47 Å². The summed E-state index contributed by atoms with van der Waals surface area (Å²) in [5.41, 5.74) is 11.0. The quantitative estimate of drug-likeness (QED) is 0.772. The molecule has 1 amide bonds. The number of aromatic nitrogens is 1. The third-order valence-electron chi connectivity index (χ3n) is 2.14. The maximum atomic E-state index is 11.1. The van der Waals surface area contributed by atoms with E-state index in [-0.39, 0.29) is 0 Å². The van der Waals surface area contributed by atoms with Crippen LogP contribution in [0.25, 0.3) is 0 Å². The van der Waals surface area contributed by atoms with Gasteiger partial charge in [0.05, 0.1) is 0 Å². The van der Waals surface area contributed by atoms with Gasteiger partial charge < -0.3 is 20.9 Å². The maximum absolute atomic E-state index is 11.1. The molecule has 0 aliphatic heterocycles. The van der Waals surface area contributed by atoms with Gasteiger partial charge in [0.1, 0.15) is 10.7 Å². The summed E-state index contributed by atoms with van der Waals surface area (Å²) in [6.07, 6.45) is 0.931. The van der Waals surface area contributed by atoms with Crippen LogP contribution in [0.2, 0.25) is 0 Å². The summed E-state index contributed by atoms with van der Waals surface area (Å²) in [5, 5.41) is 0. The van der Waals surface area contributed by atoms with Crippen molar-refractivity contribution in [1.29, 1.82) is 0 Å². The second-order valence-corrected chi connectivity index (χ2v) is 5.40. The highest BCUT2D eigenvalue weighted by atomic mass is 32.1. The van der Waals surface area contributed by atoms with Gasteiger partial charge >= 0.3 is 0 Å². The Balaban J connectivity index is 2.81. The minimum Gasteiger partial charge on any atom is -0.384 e. The fourth-order valence-electron chi connectivity index (χ4n) is 1.35. The van der Waals surface area contributed by atoms with Gasteiger partial charge in [-0.3, -0.25) is 4.79 Å². The summed E-state index contributed by atoms with van der Waals surface area (Å²) >= 11 is 6.31. The zero-order valence-electron chi connectivity index (χ0n) is 9.40. The van der Waals surface area contributed by atoms with E-state index in [4.69, 9.17) is 23.7 Å². The molecule has 0 atom stereocenters. The van der Waals surface area contributed by atoms with Gasteiger partial charge in [-0.15, -0.1) is 0 Å². The third-order valence-corrected chi connectivity index (χ3v) is 3.62. The van der Waals surface area contributed by atoms with Crippen LogP contribution in [0.1, 0.15) is 16.1 Å². The van der Waals surface area contributed by atoms with Gasteiger partial charge in [-0.1, -0.05) is 11.3 Å². The van der Waals surface area contributed by atoms with Crippen LogP contribution in [0.5, 0.6) is 0 Å². The highest BCUT2D eigenvalue weighted by molar-refractivity contribution is 7.73. The first kappa shape index (κ1) is 13.1. The van der Waals surface area contributed by atoms with E-state index in [0.717, 1.165) is 13.0 Å². The van der Waals surface area contributed by atoms with E-state index in [1.807, 2.05) is 14.1 Å². The van der Waals surface area contributed by atoms with E-state index in [1.165, 1.54) is 11.3 Å². The molecule has 1 heterocycles. The minimum absolute atomic E-state index is 0.356. The first-order valence-corrected chi connectivity index (χ1v) is 6.09. The number of carbonyl (C=O) groups is 1. The van der Waals surface area contributed by atoms with Crippen LogP contribution in [0.3, 0.4) is 0 Å². The molecule has 90 valence electrons. The van der Waals surface area contributed by atoms with Crippen molar-refractivity contribution < 1.29 is 4.79 Å². The monoisotopic (exact) mass is 260 g/mol. The van der Waals surface area contributed by atoms with Crippen LogP contribution in [-0.4, -0.2) is 36.0 Å². The van der Waals surface area contributed by atoms with Crippen molar-refractivity contribution in [3.63, 3.8) is 0 Å². The summed E-state index contributed by atoms with van der Waals surface area (Å²) in [5.74, 6) is -0.124. The summed E-state index contributed by atoms with van der Waals surface area (Å²) in [6, 6.07) is 0. The lowest BCUT2D eigenvalue weighted by molar-refractivity contribution is 0.100. The van der Waals surface area contributed by atoms with Crippen LogP contribution in [0, 0.1) is 3.95 Å². The fourth-order valence-corrected chi connectivity index (χ4v) is 2.58. The van der Waals surface area contributed by atoms with Gasteiger partial charge in [0.2, 0.25) is 0 Å². The minimum atomic E-state index is -0.514. The number of amides is 1. The van der Waals surface area contributed by atoms with Crippen molar-refractivity contribution in [3.8, 4) is 0 Å². The van der Waals surface area contributed by atoms with Crippen LogP contribution in [0.4, 0.5) is 5.82 Å². The Morgan fingerprint density at radius 2 is 2.19 bits per heavy atom. The molecule has 1 rings (SSSR count). The van der Waals surface area contributed by atoms with E-state index in [9.17, 15) is 4.79 Å². The molecular weight excluding hydrogens is 244 g/mol. The molecule has 0 spiro atoms. The molecule has 0 aromatic carbocycles. The number of nitrogen functional groups attached to an aromatic ring is 1. The number of nitrogens with two attached hydrogens (primary N) is 2. The number of anilines is 1. The highest BCUT2D eigenvalue weighted by Crippen LogP contribution is 2.21. The summed E-state index contributed by atoms with van der Waals surface area (Å²) in [6.45, 7) is 1.66. The van der Waals surface area contributed by atoms with E-state index in [2.05, 4.69) is 4.90 Å². The lowest BCUT2D eigenvalue weighted by Crippen LogP contribution is -2.17. The Hall–Kier alpha value is -0.920. The number of nitrogens with zero attached hydrogens (tertiary/aromatic N) is 2. The number of hydrogen-bond acceptors (Lipinski definition) is 5. The molecule has 5 nitrogen and oxygen atoms in total. The average Bonchev–Trinajstić information content (AvgIpc) is 2.44. The number of thiazole rings is 1. The molecule has 1 aromatic heterocycles. The van der Waals surface area contributed by atoms with Crippen LogP contribution < -0.4 is 11.5 Å². The summed E-state index contributed by atoms with van der Waals surface area (Å²) < 4.78 is 2.37. The topological polar surface area (TPSA) is 77.3 Å².